The second kappa shape index (κ2) is 31.7. The number of nitrogens with one attached hydrogen (secondary N) is 2. The van der Waals surface area contributed by atoms with Gasteiger partial charge in [-0.25, -0.2) is 0 Å². The number of cyclic esters (lactones) is 4. The van der Waals surface area contributed by atoms with Crippen molar-refractivity contribution in [2.45, 2.75) is 135 Å². The van der Waals surface area contributed by atoms with E-state index in [1.807, 2.05) is 23.6 Å². The molecule has 350 valence electrons. The quantitative estimate of drug-likeness (QED) is 0.0656. The smallest absolute Gasteiger partial charge is 0.327 e. The minimum atomic E-state index is -1.04. The Morgan fingerprint density at radius 3 is 1.26 bits per heavy atom. The summed E-state index contributed by atoms with van der Waals surface area (Å²) in [6, 6.07) is -0.715. The highest BCUT2D eigenvalue weighted by Crippen LogP contribution is 2.30. The molecule has 61 heavy (non-hydrogen) atoms. The zero-order chi connectivity index (χ0) is 46.5. The zero-order valence-electron chi connectivity index (χ0n) is 37.4. The lowest BCUT2D eigenvalue weighted by atomic mass is 9.87. The number of rotatable bonds is 20. The molecular formula is C41H72FN7O12. The van der Waals surface area contributed by atoms with Crippen LogP contribution in [0.2, 0.25) is 0 Å². The molecule has 0 bridgehead atoms. The van der Waals surface area contributed by atoms with Gasteiger partial charge in [-0.2, -0.15) is 0 Å². The number of amides is 2. The predicted molar refractivity (Wildman–Crippen MR) is 223 cm³/mol. The van der Waals surface area contributed by atoms with E-state index in [1.165, 1.54) is 12.8 Å². The molecule has 0 spiro atoms. The Morgan fingerprint density at radius 1 is 0.656 bits per heavy atom. The third kappa shape index (κ3) is 22.0. The van der Waals surface area contributed by atoms with Gasteiger partial charge in [-0.05, 0) is 51.5 Å². The fourth-order valence-electron chi connectivity index (χ4n) is 7.94. The van der Waals surface area contributed by atoms with Gasteiger partial charge in [0.15, 0.2) is 0 Å². The molecule has 4 aliphatic rings. The number of nitrogens with two attached hydrogens (primary N) is 1. The molecule has 2 saturated heterocycles. The lowest BCUT2D eigenvalue weighted by molar-refractivity contribution is -0.174. The van der Waals surface area contributed by atoms with Crippen molar-refractivity contribution in [1.82, 2.24) is 30.2 Å². The normalized spacial score (nSPS) is 22.2. The number of hydrogen-bond donors (Lipinski definition) is 5. The Morgan fingerprint density at radius 2 is 0.984 bits per heavy atom. The van der Waals surface area contributed by atoms with Crippen LogP contribution >= 0.6 is 0 Å². The molecule has 4 fully saturated rings. The fraction of sp³-hybridized carbons (Fsp3) is 0.805. The maximum absolute atomic E-state index is 12.4. The van der Waals surface area contributed by atoms with Crippen molar-refractivity contribution < 1.29 is 63.8 Å². The van der Waals surface area contributed by atoms with Gasteiger partial charge in [0.1, 0.15) is 0 Å². The van der Waals surface area contributed by atoms with Gasteiger partial charge in [0.05, 0.1) is 60.9 Å². The Bertz CT molecular complexity index is 1280. The van der Waals surface area contributed by atoms with Gasteiger partial charge >= 0.3 is 35.8 Å². The topological polar surface area (TPSA) is 259 Å². The minimum absolute atomic E-state index is 0.0377. The van der Waals surface area contributed by atoms with Crippen LogP contribution in [0.15, 0.2) is 0 Å². The van der Waals surface area contributed by atoms with Gasteiger partial charge < -0.3 is 36.1 Å². The first-order valence-electron chi connectivity index (χ1n) is 22.3. The van der Waals surface area contributed by atoms with Crippen LogP contribution in [0.5, 0.6) is 0 Å². The number of carbonyl (C=O) groups is 8. The molecule has 4 unspecified atom stereocenters. The summed E-state index contributed by atoms with van der Waals surface area (Å²) in [4.78, 5) is 101. The molecule has 2 aliphatic heterocycles. The molecule has 19 nitrogen and oxygen atoms in total. The Kier molecular flexibility index (Phi) is 27.6. The number of alkyl halides is 1. The van der Waals surface area contributed by atoms with E-state index in [0.717, 1.165) is 70.8 Å². The number of carbonyl (C=O) groups excluding carboxylic acids is 6. The number of esters is 4. The third-order valence-corrected chi connectivity index (χ3v) is 10.7. The zero-order valence-corrected chi connectivity index (χ0v) is 36.4. The standard InChI is InChI=1S/C22H40N4O6.C14H18N2O6.C4H11N.CH3F/c1-3-5-11-23-19(27)13-25(15-21(29)30)17-9-7-8-10-18(17)26(16-22(31)32)14-20(28)24-12-6-4-2;17-11-5-15(6-12(18)21-11)9-3-1-2-4-10(9)16-7-13(19)22-14(20)8-16;1-2-3-4-5;1-2/h17-18H,3-16H2,1-2H3,(H,23,27)(H,24,28)(H,29,30)(H,31,32);9-10H,1-8H2;2-5H2,1H3;1H3/i;;;1D. The molecular weight excluding hydrogens is 801 g/mol. The molecule has 2 heterocycles. The highest BCUT2D eigenvalue weighted by molar-refractivity contribution is 5.91. The molecule has 0 aromatic rings. The van der Waals surface area contributed by atoms with Crippen molar-refractivity contribution in [2.75, 3.05) is 79.1 Å². The van der Waals surface area contributed by atoms with Gasteiger partial charge in [0.2, 0.25) is 11.8 Å². The number of hydrogen-bond acceptors (Lipinski definition) is 15. The summed E-state index contributed by atoms with van der Waals surface area (Å²) in [6.07, 6.45) is 12.6. The van der Waals surface area contributed by atoms with E-state index >= 15 is 0 Å². The average molecular weight is 875 g/mol. The number of carboxylic acid groups (broad SMARTS) is 2. The molecule has 20 heteroatoms. The number of aliphatic carboxylic acids is 2. The summed E-state index contributed by atoms with van der Waals surface area (Å²) in [5.74, 6) is -4.76. The molecule has 4 atom stereocenters. The van der Waals surface area contributed by atoms with Crippen molar-refractivity contribution in [3.8, 4) is 0 Å². The highest BCUT2D eigenvalue weighted by atomic mass is 19.1. The summed E-state index contributed by atoms with van der Waals surface area (Å²) in [5, 5.41) is 24.5. The lowest BCUT2D eigenvalue weighted by Gasteiger charge is -2.45. The Hall–Kier alpha value is -4.11. The molecule has 2 aliphatic carbocycles. The maximum atomic E-state index is 12.4. The van der Waals surface area contributed by atoms with Crippen molar-refractivity contribution in [1.29, 1.82) is 0 Å². The third-order valence-electron chi connectivity index (χ3n) is 10.7. The molecule has 2 saturated carbocycles. The van der Waals surface area contributed by atoms with Gasteiger partial charge in [-0.1, -0.05) is 65.7 Å². The van der Waals surface area contributed by atoms with Gasteiger partial charge in [-0.3, -0.25) is 62.3 Å². The van der Waals surface area contributed by atoms with E-state index in [1.54, 1.807) is 9.80 Å². The van der Waals surface area contributed by atoms with Gasteiger partial charge in [0.25, 0.3) is 0 Å². The number of morpholine rings is 2. The molecule has 0 aromatic heterocycles. The number of ether oxygens (including phenoxy) is 2. The molecule has 2 amide bonds. The lowest BCUT2D eigenvalue weighted by Crippen LogP contribution is -2.60. The Labute approximate surface area is 360 Å². The number of nitrogens with zero attached hydrogens (tertiary/aromatic N) is 4. The van der Waals surface area contributed by atoms with Crippen LogP contribution in [0.4, 0.5) is 4.39 Å². The summed E-state index contributed by atoms with van der Waals surface area (Å²) in [6.45, 7) is 7.59. The average Bonchev–Trinajstić information content (AvgIpc) is 3.20. The molecule has 0 radical (unpaired) electrons. The maximum Gasteiger partial charge on any atom is 0.327 e. The van der Waals surface area contributed by atoms with Crippen LogP contribution in [0.3, 0.4) is 0 Å². The van der Waals surface area contributed by atoms with Gasteiger partial charge in [-0.15, -0.1) is 0 Å². The number of carboxylic acids is 2. The monoisotopic (exact) mass is 875 g/mol. The van der Waals surface area contributed by atoms with Gasteiger partial charge in [0, 0.05) is 37.3 Å². The van der Waals surface area contributed by atoms with E-state index < -0.39 is 43.0 Å². The van der Waals surface area contributed by atoms with E-state index in [2.05, 4.69) is 27.0 Å². The van der Waals surface area contributed by atoms with Crippen LogP contribution in [0.25, 0.3) is 0 Å². The van der Waals surface area contributed by atoms with Crippen molar-refractivity contribution in [3.05, 3.63) is 0 Å². The van der Waals surface area contributed by atoms with Crippen molar-refractivity contribution in [2.24, 2.45) is 5.73 Å². The van der Waals surface area contributed by atoms with Crippen LogP contribution in [0.1, 0.15) is 112 Å². The van der Waals surface area contributed by atoms with Crippen LogP contribution < -0.4 is 16.4 Å². The fourth-order valence-corrected chi connectivity index (χ4v) is 7.94. The largest absolute Gasteiger partial charge is 0.480 e. The molecule has 4 rings (SSSR count). The first-order valence-corrected chi connectivity index (χ1v) is 21.6. The SMILES string of the molecule is CCCCN.CCCCNC(=O)CN(CC(=O)O)C1CCCCC1N(CC(=O)O)CC(=O)NCCCC.O=C1CN(C2CCCCC2N2CC(=O)OC(=O)C2)CC(=O)O1.[2H]CF. The van der Waals surface area contributed by atoms with Crippen molar-refractivity contribution in [3.63, 3.8) is 0 Å². The number of halogens is 1. The second-order valence-electron chi connectivity index (χ2n) is 15.5. The highest BCUT2D eigenvalue weighted by Gasteiger charge is 2.41. The number of unbranched alkanes of at least 4 members (excludes halogenated alkanes) is 3. The molecule has 6 N–H and O–H groups in total. The van der Waals surface area contributed by atoms with E-state index in [-0.39, 0.29) is 88.3 Å². The molecule has 0 aromatic carbocycles. The first-order chi connectivity index (χ1) is 29.6. The summed E-state index contributed by atoms with van der Waals surface area (Å²) >= 11 is 0. The van der Waals surface area contributed by atoms with E-state index in [4.69, 9.17) is 7.10 Å². The van der Waals surface area contributed by atoms with Crippen LogP contribution in [-0.4, -0.2) is 181 Å². The van der Waals surface area contributed by atoms with E-state index in [0.29, 0.717) is 25.9 Å². The van der Waals surface area contributed by atoms with E-state index in [9.17, 15) is 53.0 Å². The minimum Gasteiger partial charge on any atom is -0.480 e. The summed E-state index contributed by atoms with van der Waals surface area (Å²) < 4.78 is 24.6. The predicted octanol–water partition coefficient (Wildman–Crippen LogP) is 1.30. The second-order valence-corrected chi connectivity index (χ2v) is 15.5. The summed E-state index contributed by atoms with van der Waals surface area (Å²) in [5.41, 5.74) is 5.14. The van der Waals surface area contributed by atoms with Crippen molar-refractivity contribution >= 4 is 47.6 Å². The van der Waals surface area contributed by atoms with Crippen LogP contribution in [0, 0.1) is 0 Å². The van der Waals surface area contributed by atoms with Crippen LogP contribution in [-0.2, 0) is 47.8 Å². The first kappa shape index (κ1) is 53.0. The summed E-state index contributed by atoms with van der Waals surface area (Å²) in [7, 11) is -1.00. The Balaban J connectivity index is 0.000000549.